The lowest BCUT2D eigenvalue weighted by Crippen LogP contribution is -2.31. The van der Waals surface area contributed by atoms with Gasteiger partial charge in [0.2, 0.25) is 0 Å². The van der Waals surface area contributed by atoms with Crippen LogP contribution in [0.4, 0.5) is 0 Å². The fourth-order valence-electron chi connectivity index (χ4n) is 2.85. The Balaban J connectivity index is 1.64. The topological polar surface area (TPSA) is 21.3 Å². The maximum Gasteiger partial charge on any atom is 0.0689 e. The Kier molecular flexibility index (Phi) is 4.86. The molecule has 16 heavy (non-hydrogen) atoms. The molecule has 1 aliphatic heterocycles. The molecule has 2 nitrogen and oxygen atoms in total. The van der Waals surface area contributed by atoms with Crippen molar-refractivity contribution < 1.29 is 4.74 Å². The summed E-state index contributed by atoms with van der Waals surface area (Å²) in [6, 6.07) is 0. The SMILES string of the molecule is CC1CCCCC1CNCC1=CCCOC1. The molecule has 2 heteroatoms. The predicted octanol–water partition coefficient (Wildman–Crippen LogP) is 2.75. The predicted molar refractivity (Wildman–Crippen MR) is 67.5 cm³/mol. The Morgan fingerprint density at radius 3 is 3.00 bits per heavy atom. The van der Waals surface area contributed by atoms with Gasteiger partial charge in [-0.05, 0) is 36.8 Å². The highest BCUT2D eigenvalue weighted by Crippen LogP contribution is 2.28. The van der Waals surface area contributed by atoms with Crippen LogP contribution >= 0.6 is 0 Å². The van der Waals surface area contributed by atoms with Crippen molar-refractivity contribution in [1.82, 2.24) is 5.32 Å². The number of hydrogen-bond acceptors (Lipinski definition) is 2. The average molecular weight is 223 g/mol. The van der Waals surface area contributed by atoms with Crippen LogP contribution in [-0.4, -0.2) is 26.3 Å². The maximum atomic E-state index is 5.44. The second-order valence-electron chi connectivity index (χ2n) is 5.36. The van der Waals surface area contributed by atoms with Crippen LogP contribution in [-0.2, 0) is 4.74 Å². The zero-order valence-corrected chi connectivity index (χ0v) is 10.5. The first-order chi connectivity index (χ1) is 7.86. The molecule has 0 amide bonds. The molecule has 2 rings (SSSR count). The Morgan fingerprint density at radius 2 is 2.25 bits per heavy atom. The van der Waals surface area contributed by atoms with Gasteiger partial charge in [0.25, 0.3) is 0 Å². The molecule has 2 unspecified atom stereocenters. The molecule has 0 bridgehead atoms. The smallest absolute Gasteiger partial charge is 0.0689 e. The van der Waals surface area contributed by atoms with Crippen LogP contribution in [0.2, 0.25) is 0 Å². The minimum Gasteiger partial charge on any atom is -0.377 e. The van der Waals surface area contributed by atoms with E-state index in [0.29, 0.717) is 0 Å². The third-order valence-corrected chi connectivity index (χ3v) is 4.03. The fourth-order valence-corrected chi connectivity index (χ4v) is 2.85. The molecule has 2 aliphatic rings. The first kappa shape index (κ1) is 12.1. The van der Waals surface area contributed by atoms with Crippen molar-refractivity contribution in [3.63, 3.8) is 0 Å². The molecular weight excluding hydrogens is 198 g/mol. The Morgan fingerprint density at radius 1 is 1.38 bits per heavy atom. The van der Waals surface area contributed by atoms with E-state index in [1.807, 2.05) is 0 Å². The summed E-state index contributed by atoms with van der Waals surface area (Å²) in [6.45, 7) is 6.38. The molecule has 92 valence electrons. The van der Waals surface area contributed by atoms with Gasteiger partial charge < -0.3 is 10.1 Å². The van der Waals surface area contributed by atoms with Crippen molar-refractivity contribution in [1.29, 1.82) is 0 Å². The third kappa shape index (κ3) is 3.60. The Labute approximate surface area is 99.4 Å². The average Bonchev–Trinajstić information content (AvgIpc) is 2.33. The third-order valence-electron chi connectivity index (χ3n) is 4.03. The normalized spacial score (nSPS) is 31.2. The van der Waals surface area contributed by atoms with Gasteiger partial charge in [-0.3, -0.25) is 0 Å². The summed E-state index contributed by atoms with van der Waals surface area (Å²) in [6.07, 6.45) is 9.15. The van der Waals surface area contributed by atoms with E-state index in [0.717, 1.165) is 38.0 Å². The summed E-state index contributed by atoms with van der Waals surface area (Å²) >= 11 is 0. The first-order valence-corrected chi connectivity index (χ1v) is 6.82. The van der Waals surface area contributed by atoms with Crippen molar-refractivity contribution in [2.75, 3.05) is 26.3 Å². The second-order valence-corrected chi connectivity index (χ2v) is 5.36. The monoisotopic (exact) mass is 223 g/mol. The molecule has 0 spiro atoms. The molecule has 0 aromatic heterocycles. The van der Waals surface area contributed by atoms with Crippen LogP contribution in [0.25, 0.3) is 0 Å². The van der Waals surface area contributed by atoms with Gasteiger partial charge in [0, 0.05) is 6.54 Å². The number of nitrogens with one attached hydrogen (secondary N) is 1. The van der Waals surface area contributed by atoms with E-state index in [1.54, 1.807) is 0 Å². The van der Waals surface area contributed by atoms with Crippen LogP contribution < -0.4 is 5.32 Å². The lowest BCUT2D eigenvalue weighted by Gasteiger charge is -2.29. The highest BCUT2D eigenvalue weighted by atomic mass is 16.5. The molecular formula is C14H25NO. The van der Waals surface area contributed by atoms with Crippen molar-refractivity contribution in [2.24, 2.45) is 11.8 Å². The van der Waals surface area contributed by atoms with E-state index in [1.165, 1.54) is 37.8 Å². The number of rotatable bonds is 4. The Bertz CT molecular complexity index is 237. The van der Waals surface area contributed by atoms with Crippen molar-refractivity contribution >= 4 is 0 Å². The lowest BCUT2D eigenvalue weighted by atomic mass is 9.80. The fraction of sp³-hybridized carbons (Fsp3) is 0.857. The first-order valence-electron chi connectivity index (χ1n) is 6.82. The van der Waals surface area contributed by atoms with E-state index in [2.05, 4.69) is 18.3 Å². The van der Waals surface area contributed by atoms with E-state index in [-0.39, 0.29) is 0 Å². The minimum absolute atomic E-state index is 0.840. The quantitative estimate of drug-likeness (QED) is 0.740. The Hall–Kier alpha value is -0.340. The zero-order chi connectivity index (χ0) is 11.2. The summed E-state index contributed by atoms with van der Waals surface area (Å²) in [7, 11) is 0. The van der Waals surface area contributed by atoms with Crippen LogP contribution in [0.15, 0.2) is 11.6 Å². The second kappa shape index (κ2) is 6.41. The van der Waals surface area contributed by atoms with Crippen LogP contribution in [0, 0.1) is 11.8 Å². The maximum absolute atomic E-state index is 5.44. The molecule has 0 radical (unpaired) electrons. The van der Waals surface area contributed by atoms with Gasteiger partial charge in [-0.15, -0.1) is 0 Å². The van der Waals surface area contributed by atoms with Gasteiger partial charge in [-0.25, -0.2) is 0 Å². The summed E-state index contributed by atoms with van der Waals surface area (Å²) in [5, 5.41) is 3.61. The summed E-state index contributed by atoms with van der Waals surface area (Å²) < 4.78 is 5.44. The largest absolute Gasteiger partial charge is 0.377 e. The zero-order valence-electron chi connectivity index (χ0n) is 10.5. The van der Waals surface area contributed by atoms with E-state index in [9.17, 15) is 0 Å². The number of ether oxygens (including phenoxy) is 1. The van der Waals surface area contributed by atoms with E-state index >= 15 is 0 Å². The van der Waals surface area contributed by atoms with Crippen molar-refractivity contribution in [2.45, 2.75) is 39.0 Å². The molecule has 1 fully saturated rings. The molecule has 0 aromatic rings. The van der Waals surface area contributed by atoms with Gasteiger partial charge in [0.1, 0.15) is 0 Å². The van der Waals surface area contributed by atoms with Gasteiger partial charge in [0.05, 0.1) is 13.2 Å². The molecule has 1 N–H and O–H groups in total. The van der Waals surface area contributed by atoms with Crippen LogP contribution in [0.1, 0.15) is 39.0 Å². The van der Waals surface area contributed by atoms with Gasteiger partial charge in [-0.2, -0.15) is 0 Å². The standard InChI is InChI=1S/C14H25NO/c1-12-5-2-3-7-14(12)10-15-9-13-6-4-8-16-11-13/h6,12,14-15H,2-5,7-11H2,1H3. The minimum atomic E-state index is 0.840. The molecule has 2 atom stereocenters. The summed E-state index contributed by atoms with van der Waals surface area (Å²) in [4.78, 5) is 0. The van der Waals surface area contributed by atoms with Crippen LogP contribution in [0.5, 0.6) is 0 Å². The van der Waals surface area contributed by atoms with Gasteiger partial charge in [0.15, 0.2) is 0 Å². The number of hydrogen-bond donors (Lipinski definition) is 1. The lowest BCUT2D eigenvalue weighted by molar-refractivity contribution is 0.148. The van der Waals surface area contributed by atoms with Crippen molar-refractivity contribution in [3.8, 4) is 0 Å². The molecule has 1 aliphatic carbocycles. The van der Waals surface area contributed by atoms with Crippen LogP contribution in [0.3, 0.4) is 0 Å². The summed E-state index contributed by atoms with van der Waals surface area (Å²) in [5.74, 6) is 1.82. The molecule has 1 saturated carbocycles. The van der Waals surface area contributed by atoms with Gasteiger partial charge in [-0.1, -0.05) is 32.3 Å². The van der Waals surface area contributed by atoms with Crippen molar-refractivity contribution in [3.05, 3.63) is 11.6 Å². The van der Waals surface area contributed by atoms with Gasteiger partial charge >= 0.3 is 0 Å². The highest BCUT2D eigenvalue weighted by Gasteiger charge is 2.20. The molecule has 1 heterocycles. The molecule has 0 aromatic carbocycles. The van der Waals surface area contributed by atoms with E-state index < -0.39 is 0 Å². The van der Waals surface area contributed by atoms with E-state index in [4.69, 9.17) is 4.74 Å². The summed E-state index contributed by atoms with van der Waals surface area (Å²) in [5.41, 5.74) is 1.44. The highest BCUT2D eigenvalue weighted by molar-refractivity contribution is 5.06. The molecule has 0 saturated heterocycles.